The van der Waals surface area contributed by atoms with Crippen LogP contribution in [0.3, 0.4) is 0 Å². The Labute approximate surface area is 111 Å². The smallest absolute Gasteiger partial charge is 0.104 e. The lowest BCUT2D eigenvalue weighted by molar-refractivity contribution is 0.624. The van der Waals surface area contributed by atoms with Gasteiger partial charge in [-0.15, -0.1) is 11.3 Å². The molecule has 1 heterocycles. The van der Waals surface area contributed by atoms with E-state index in [0.717, 1.165) is 12.8 Å². The summed E-state index contributed by atoms with van der Waals surface area (Å²) >= 11 is 1.60. The molecule has 1 aliphatic rings. The Morgan fingerprint density at radius 1 is 1.28 bits per heavy atom. The molecule has 2 N–H and O–H groups in total. The third kappa shape index (κ3) is 1.70. The van der Waals surface area contributed by atoms with Crippen LogP contribution < -0.4 is 5.73 Å². The van der Waals surface area contributed by atoms with E-state index >= 15 is 0 Å². The molecule has 2 aromatic rings. The molecule has 0 fully saturated rings. The fourth-order valence-corrected chi connectivity index (χ4v) is 3.93. The van der Waals surface area contributed by atoms with E-state index in [-0.39, 0.29) is 0 Å². The summed E-state index contributed by atoms with van der Waals surface area (Å²) in [6, 6.07) is 12.7. The molecule has 3 rings (SSSR count). The van der Waals surface area contributed by atoms with Crippen LogP contribution in [0, 0.1) is 11.3 Å². The molecular formula is C15H14N2S. The van der Waals surface area contributed by atoms with Crippen LogP contribution in [-0.4, -0.2) is 0 Å². The number of nitrogens with zero attached hydrogens (tertiary/aromatic N) is 1. The van der Waals surface area contributed by atoms with Crippen molar-refractivity contribution in [2.24, 2.45) is 0 Å². The number of rotatable bonds is 1. The predicted octanol–water partition coefficient (Wildman–Crippen LogP) is 3.67. The quantitative estimate of drug-likeness (QED) is 0.844. The van der Waals surface area contributed by atoms with Crippen LogP contribution in [0.25, 0.3) is 0 Å². The second-order valence-corrected chi connectivity index (χ2v) is 5.78. The number of nitrogen functional groups attached to an aromatic ring is 1. The van der Waals surface area contributed by atoms with Gasteiger partial charge in [-0.2, -0.15) is 5.26 Å². The second-order valence-electron chi connectivity index (χ2n) is 4.65. The van der Waals surface area contributed by atoms with Crippen LogP contribution in [0.2, 0.25) is 0 Å². The average molecular weight is 254 g/mol. The van der Waals surface area contributed by atoms with Crippen LogP contribution in [-0.2, 0) is 6.42 Å². The first-order chi connectivity index (χ1) is 8.81. The van der Waals surface area contributed by atoms with Gasteiger partial charge in [-0.1, -0.05) is 30.3 Å². The molecule has 1 unspecified atom stereocenters. The highest BCUT2D eigenvalue weighted by atomic mass is 32.1. The van der Waals surface area contributed by atoms with E-state index in [2.05, 4.69) is 30.3 Å². The number of hydrogen-bond acceptors (Lipinski definition) is 3. The molecule has 0 amide bonds. The molecule has 18 heavy (non-hydrogen) atoms. The van der Waals surface area contributed by atoms with E-state index in [9.17, 15) is 5.26 Å². The highest BCUT2D eigenvalue weighted by Gasteiger charge is 2.28. The number of hydrogen-bond donors (Lipinski definition) is 1. The lowest BCUT2D eigenvalue weighted by Gasteiger charge is -2.23. The van der Waals surface area contributed by atoms with Crippen LogP contribution in [0.15, 0.2) is 30.3 Å². The first kappa shape index (κ1) is 11.3. The van der Waals surface area contributed by atoms with E-state index in [4.69, 9.17) is 5.73 Å². The maximum Gasteiger partial charge on any atom is 0.104 e. The molecule has 2 nitrogen and oxygen atoms in total. The Morgan fingerprint density at radius 3 is 2.78 bits per heavy atom. The zero-order chi connectivity index (χ0) is 12.5. The number of nitriles is 1. The number of benzene rings is 1. The van der Waals surface area contributed by atoms with E-state index < -0.39 is 0 Å². The molecule has 0 saturated carbocycles. The molecule has 1 aromatic carbocycles. The summed E-state index contributed by atoms with van der Waals surface area (Å²) in [5.41, 5.74) is 9.17. The van der Waals surface area contributed by atoms with Gasteiger partial charge < -0.3 is 5.73 Å². The first-order valence-electron chi connectivity index (χ1n) is 6.17. The van der Waals surface area contributed by atoms with Crippen molar-refractivity contribution >= 4 is 16.3 Å². The predicted molar refractivity (Wildman–Crippen MR) is 74.7 cm³/mol. The summed E-state index contributed by atoms with van der Waals surface area (Å²) in [4.78, 5) is 1.31. The van der Waals surface area contributed by atoms with Gasteiger partial charge in [0.2, 0.25) is 0 Å². The normalized spacial score (nSPS) is 18.1. The number of fused-ring (bicyclic) bond motifs is 1. The number of aryl methyl sites for hydroxylation is 1. The Balaban J connectivity index is 2.15. The van der Waals surface area contributed by atoms with Crippen LogP contribution in [0.1, 0.15) is 40.3 Å². The van der Waals surface area contributed by atoms with E-state index in [1.54, 1.807) is 11.3 Å². The molecule has 0 saturated heterocycles. The van der Waals surface area contributed by atoms with E-state index in [1.807, 2.05) is 6.07 Å². The third-order valence-electron chi connectivity index (χ3n) is 3.61. The van der Waals surface area contributed by atoms with Crippen molar-refractivity contribution in [3.05, 3.63) is 51.9 Å². The van der Waals surface area contributed by atoms with Crippen molar-refractivity contribution < 1.29 is 0 Å². The maximum absolute atomic E-state index is 9.30. The largest absolute Gasteiger partial charge is 0.389 e. The third-order valence-corrected chi connectivity index (χ3v) is 4.70. The Kier molecular flexibility index (Phi) is 2.81. The number of nitrogens with two attached hydrogens (primary N) is 1. The lowest BCUT2D eigenvalue weighted by atomic mass is 9.81. The summed E-state index contributed by atoms with van der Waals surface area (Å²) in [6.45, 7) is 0. The summed E-state index contributed by atoms with van der Waals surface area (Å²) in [6.07, 6.45) is 3.36. The molecule has 1 atom stereocenters. The van der Waals surface area contributed by atoms with Gasteiger partial charge in [0, 0.05) is 10.8 Å². The van der Waals surface area contributed by atoms with Gasteiger partial charge in [0.25, 0.3) is 0 Å². The topological polar surface area (TPSA) is 49.8 Å². The van der Waals surface area contributed by atoms with Crippen molar-refractivity contribution in [2.45, 2.75) is 25.2 Å². The highest BCUT2D eigenvalue weighted by molar-refractivity contribution is 7.16. The van der Waals surface area contributed by atoms with Crippen molar-refractivity contribution in [2.75, 3.05) is 5.73 Å². The lowest BCUT2D eigenvalue weighted by Crippen LogP contribution is -2.10. The van der Waals surface area contributed by atoms with Gasteiger partial charge in [-0.05, 0) is 30.4 Å². The van der Waals surface area contributed by atoms with Gasteiger partial charge in [-0.3, -0.25) is 0 Å². The van der Waals surface area contributed by atoms with Gasteiger partial charge >= 0.3 is 0 Å². The molecule has 3 heteroatoms. The van der Waals surface area contributed by atoms with Gasteiger partial charge in [0.05, 0.1) is 5.56 Å². The van der Waals surface area contributed by atoms with Crippen LogP contribution in [0.4, 0.5) is 5.00 Å². The standard InChI is InChI=1S/C15H14N2S/c16-9-12-14-11(10-5-2-1-3-6-10)7-4-8-13(14)18-15(12)17/h1-3,5-6,11H,4,7-8,17H2. The SMILES string of the molecule is N#Cc1c(N)sc2c1C(c1ccccc1)CCC2. The first-order valence-corrected chi connectivity index (χ1v) is 6.99. The summed E-state index contributed by atoms with van der Waals surface area (Å²) in [7, 11) is 0. The number of thiophene rings is 1. The van der Waals surface area contributed by atoms with Crippen LogP contribution >= 0.6 is 11.3 Å². The Hall–Kier alpha value is -1.79. The molecule has 0 spiro atoms. The van der Waals surface area contributed by atoms with Gasteiger partial charge in [-0.25, -0.2) is 0 Å². The van der Waals surface area contributed by atoms with Crippen molar-refractivity contribution in [1.82, 2.24) is 0 Å². The molecule has 0 bridgehead atoms. The Bertz CT molecular complexity index is 607. The Morgan fingerprint density at radius 2 is 2.06 bits per heavy atom. The maximum atomic E-state index is 9.30. The minimum absolute atomic E-state index is 0.346. The zero-order valence-corrected chi connectivity index (χ0v) is 10.8. The number of anilines is 1. The van der Waals surface area contributed by atoms with Crippen molar-refractivity contribution in [1.29, 1.82) is 5.26 Å². The molecule has 0 aliphatic heterocycles. The minimum Gasteiger partial charge on any atom is -0.389 e. The van der Waals surface area contributed by atoms with Gasteiger partial charge in [0.15, 0.2) is 0 Å². The summed E-state index contributed by atoms with van der Waals surface area (Å²) in [5.74, 6) is 0.346. The average Bonchev–Trinajstić information content (AvgIpc) is 2.74. The molecular weight excluding hydrogens is 240 g/mol. The van der Waals surface area contributed by atoms with Crippen molar-refractivity contribution in [3.63, 3.8) is 0 Å². The fraction of sp³-hybridized carbons (Fsp3) is 0.267. The minimum atomic E-state index is 0.346. The fourth-order valence-electron chi connectivity index (χ4n) is 2.81. The molecule has 1 aliphatic carbocycles. The monoisotopic (exact) mass is 254 g/mol. The molecule has 0 radical (unpaired) electrons. The molecule has 90 valence electrons. The van der Waals surface area contributed by atoms with Crippen molar-refractivity contribution in [3.8, 4) is 6.07 Å². The zero-order valence-electron chi connectivity index (χ0n) is 10.0. The van der Waals surface area contributed by atoms with E-state index in [0.29, 0.717) is 16.5 Å². The summed E-state index contributed by atoms with van der Waals surface area (Å²) < 4.78 is 0. The second kappa shape index (κ2) is 4.47. The highest BCUT2D eigenvalue weighted by Crippen LogP contribution is 2.44. The van der Waals surface area contributed by atoms with Gasteiger partial charge in [0.1, 0.15) is 11.1 Å². The summed E-state index contributed by atoms with van der Waals surface area (Å²) in [5, 5.41) is 9.99. The molecule has 1 aromatic heterocycles. The van der Waals surface area contributed by atoms with Crippen LogP contribution in [0.5, 0.6) is 0 Å². The van der Waals surface area contributed by atoms with E-state index in [1.165, 1.54) is 22.4 Å².